The van der Waals surface area contributed by atoms with Crippen molar-refractivity contribution < 1.29 is 33.0 Å². The standard InChI is InChI=1S/C15H17F2NO5/c1-18(13(19)9-6-10(9)14(20)21)7-8-3-4-11(22-2)12(5-8)23-15(16)17/h3-5,9-10,15H,6-7H2,1-2H3,(H,20,21). The molecule has 0 radical (unpaired) electrons. The number of amides is 1. The molecule has 126 valence electrons. The maximum atomic E-state index is 12.4. The molecule has 0 bridgehead atoms. The summed E-state index contributed by atoms with van der Waals surface area (Å²) in [7, 11) is 2.87. The highest BCUT2D eigenvalue weighted by atomic mass is 19.3. The number of carbonyl (C=O) groups is 2. The SMILES string of the molecule is COc1ccc(CN(C)C(=O)C2CC2C(=O)O)cc1OC(F)F. The van der Waals surface area contributed by atoms with E-state index in [0.29, 0.717) is 12.0 Å². The monoisotopic (exact) mass is 329 g/mol. The van der Waals surface area contributed by atoms with Gasteiger partial charge >= 0.3 is 12.6 Å². The topological polar surface area (TPSA) is 76.1 Å². The summed E-state index contributed by atoms with van der Waals surface area (Å²) in [5.74, 6) is -2.34. The first kappa shape index (κ1) is 17.0. The molecule has 2 rings (SSSR count). The van der Waals surface area contributed by atoms with Crippen molar-refractivity contribution in [3.05, 3.63) is 23.8 Å². The lowest BCUT2D eigenvalue weighted by Crippen LogP contribution is -2.28. The van der Waals surface area contributed by atoms with Gasteiger partial charge in [0.2, 0.25) is 5.91 Å². The number of hydrogen-bond acceptors (Lipinski definition) is 4. The van der Waals surface area contributed by atoms with Crippen molar-refractivity contribution in [2.24, 2.45) is 11.8 Å². The number of ether oxygens (including phenoxy) is 2. The average Bonchev–Trinajstić information content (AvgIpc) is 3.26. The van der Waals surface area contributed by atoms with Crippen LogP contribution in [0.2, 0.25) is 0 Å². The van der Waals surface area contributed by atoms with E-state index in [0.717, 1.165) is 0 Å². The fourth-order valence-electron chi connectivity index (χ4n) is 2.38. The van der Waals surface area contributed by atoms with Gasteiger partial charge in [-0.25, -0.2) is 0 Å². The van der Waals surface area contributed by atoms with Crippen LogP contribution in [-0.2, 0) is 16.1 Å². The number of hydrogen-bond donors (Lipinski definition) is 1. The van der Waals surface area contributed by atoms with E-state index in [2.05, 4.69) is 4.74 Å². The van der Waals surface area contributed by atoms with Gasteiger partial charge in [0.05, 0.1) is 18.9 Å². The number of carboxylic acids is 1. The Balaban J connectivity index is 2.04. The Labute approximate surface area is 131 Å². The Morgan fingerprint density at radius 3 is 2.57 bits per heavy atom. The number of halogens is 2. The number of benzene rings is 1. The molecule has 0 heterocycles. The molecule has 2 atom stereocenters. The second kappa shape index (κ2) is 6.80. The van der Waals surface area contributed by atoms with E-state index in [1.165, 1.54) is 31.2 Å². The molecule has 1 amide bonds. The molecule has 0 spiro atoms. The van der Waals surface area contributed by atoms with Crippen LogP contribution in [0.1, 0.15) is 12.0 Å². The largest absolute Gasteiger partial charge is 0.493 e. The molecule has 1 fully saturated rings. The summed E-state index contributed by atoms with van der Waals surface area (Å²) in [6.45, 7) is -2.83. The Hall–Kier alpha value is -2.38. The van der Waals surface area contributed by atoms with Gasteiger partial charge in [0.25, 0.3) is 0 Å². The molecule has 0 saturated heterocycles. The van der Waals surface area contributed by atoms with E-state index in [4.69, 9.17) is 9.84 Å². The first-order chi connectivity index (χ1) is 10.8. The van der Waals surface area contributed by atoms with Gasteiger partial charge in [-0.15, -0.1) is 0 Å². The molecular weight excluding hydrogens is 312 g/mol. The van der Waals surface area contributed by atoms with Crippen LogP contribution in [0.4, 0.5) is 8.78 Å². The highest BCUT2D eigenvalue weighted by Gasteiger charge is 2.49. The van der Waals surface area contributed by atoms with Crippen LogP contribution in [0.25, 0.3) is 0 Å². The smallest absolute Gasteiger partial charge is 0.387 e. The minimum Gasteiger partial charge on any atom is -0.493 e. The predicted octanol–water partition coefficient (Wildman–Crippen LogP) is 1.98. The summed E-state index contributed by atoms with van der Waals surface area (Å²) in [5.41, 5.74) is 0.574. The summed E-state index contributed by atoms with van der Waals surface area (Å²) in [5, 5.41) is 8.85. The minimum atomic E-state index is -2.98. The van der Waals surface area contributed by atoms with E-state index >= 15 is 0 Å². The van der Waals surface area contributed by atoms with Crippen LogP contribution in [0.15, 0.2) is 18.2 Å². The fourth-order valence-corrected chi connectivity index (χ4v) is 2.38. The summed E-state index contributed by atoms with van der Waals surface area (Å²) >= 11 is 0. The van der Waals surface area contributed by atoms with E-state index < -0.39 is 24.4 Å². The van der Waals surface area contributed by atoms with Crippen LogP contribution in [0.5, 0.6) is 11.5 Å². The van der Waals surface area contributed by atoms with Gasteiger partial charge in [0.15, 0.2) is 11.5 Å². The molecule has 1 aromatic carbocycles. The summed E-state index contributed by atoms with van der Waals surface area (Å²) in [6, 6.07) is 4.47. The summed E-state index contributed by atoms with van der Waals surface area (Å²) in [4.78, 5) is 24.3. The predicted molar refractivity (Wildman–Crippen MR) is 75.3 cm³/mol. The first-order valence-corrected chi connectivity index (χ1v) is 6.93. The average molecular weight is 329 g/mol. The van der Waals surface area contributed by atoms with Gasteiger partial charge in [-0.05, 0) is 24.1 Å². The van der Waals surface area contributed by atoms with Gasteiger partial charge in [-0.1, -0.05) is 6.07 Å². The van der Waals surface area contributed by atoms with Crippen molar-refractivity contribution in [2.45, 2.75) is 19.6 Å². The molecule has 8 heteroatoms. The number of methoxy groups -OCH3 is 1. The molecule has 2 unspecified atom stereocenters. The number of aliphatic carboxylic acids is 1. The Morgan fingerprint density at radius 1 is 1.35 bits per heavy atom. The molecule has 1 aromatic rings. The van der Waals surface area contributed by atoms with Crippen LogP contribution >= 0.6 is 0 Å². The number of alkyl halides is 2. The normalized spacial score (nSPS) is 19.3. The minimum absolute atomic E-state index is 0.115. The Bertz CT molecular complexity index is 608. The quantitative estimate of drug-likeness (QED) is 0.828. The molecular formula is C15H17F2NO5. The zero-order chi connectivity index (χ0) is 17.1. The van der Waals surface area contributed by atoms with Crippen LogP contribution in [0, 0.1) is 11.8 Å². The molecule has 0 aromatic heterocycles. The maximum Gasteiger partial charge on any atom is 0.387 e. The van der Waals surface area contributed by atoms with Crippen LogP contribution in [0.3, 0.4) is 0 Å². The second-order valence-electron chi connectivity index (χ2n) is 5.34. The molecule has 1 saturated carbocycles. The fraction of sp³-hybridized carbons (Fsp3) is 0.467. The van der Waals surface area contributed by atoms with Crippen molar-refractivity contribution >= 4 is 11.9 Å². The highest BCUT2D eigenvalue weighted by Crippen LogP contribution is 2.40. The Morgan fingerprint density at radius 2 is 2.04 bits per heavy atom. The molecule has 0 aliphatic heterocycles. The number of carboxylic acid groups (broad SMARTS) is 1. The van der Waals surface area contributed by atoms with Gasteiger partial charge < -0.3 is 19.5 Å². The van der Waals surface area contributed by atoms with Crippen LogP contribution in [-0.4, -0.2) is 42.7 Å². The molecule has 6 nitrogen and oxygen atoms in total. The molecule has 23 heavy (non-hydrogen) atoms. The van der Waals surface area contributed by atoms with E-state index in [-0.39, 0.29) is 24.0 Å². The number of nitrogens with zero attached hydrogens (tertiary/aromatic N) is 1. The lowest BCUT2D eigenvalue weighted by atomic mass is 10.1. The second-order valence-corrected chi connectivity index (χ2v) is 5.34. The third-order valence-electron chi connectivity index (χ3n) is 3.66. The zero-order valence-corrected chi connectivity index (χ0v) is 12.7. The summed E-state index contributed by atoms with van der Waals surface area (Å²) < 4.78 is 34.1. The maximum absolute atomic E-state index is 12.4. The molecule has 1 aliphatic rings. The molecule has 1 aliphatic carbocycles. The van der Waals surface area contributed by atoms with Crippen molar-refractivity contribution in [1.82, 2.24) is 4.90 Å². The number of rotatable bonds is 7. The van der Waals surface area contributed by atoms with Crippen LogP contribution < -0.4 is 9.47 Å². The van der Waals surface area contributed by atoms with E-state index in [9.17, 15) is 18.4 Å². The lowest BCUT2D eigenvalue weighted by molar-refractivity contribution is -0.141. The third-order valence-corrected chi connectivity index (χ3v) is 3.66. The van der Waals surface area contributed by atoms with Gasteiger partial charge in [0.1, 0.15) is 0 Å². The third kappa shape index (κ3) is 4.08. The summed E-state index contributed by atoms with van der Waals surface area (Å²) in [6.07, 6.45) is 0.334. The van der Waals surface area contributed by atoms with E-state index in [1.54, 1.807) is 6.07 Å². The van der Waals surface area contributed by atoms with Crippen molar-refractivity contribution in [3.8, 4) is 11.5 Å². The first-order valence-electron chi connectivity index (χ1n) is 6.93. The van der Waals surface area contributed by atoms with Crippen molar-refractivity contribution in [2.75, 3.05) is 14.2 Å². The highest BCUT2D eigenvalue weighted by molar-refractivity contribution is 5.89. The number of carbonyl (C=O) groups excluding carboxylic acids is 1. The molecule has 1 N–H and O–H groups in total. The van der Waals surface area contributed by atoms with Gasteiger partial charge in [0, 0.05) is 13.6 Å². The lowest BCUT2D eigenvalue weighted by Gasteiger charge is -2.18. The zero-order valence-electron chi connectivity index (χ0n) is 12.7. The van der Waals surface area contributed by atoms with Crippen molar-refractivity contribution in [3.63, 3.8) is 0 Å². The van der Waals surface area contributed by atoms with Gasteiger partial charge in [-0.3, -0.25) is 9.59 Å². The van der Waals surface area contributed by atoms with Crippen molar-refractivity contribution in [1.29, 1.82) is 0 Å². The van der Waals surface area contributed by atoms with Gasteiger partial charge in [-0.2, -0.15) is 8.78 Å². The van der Waals surface area contributed by atoms with E-state index in [1.807, 2.05) is 0 Å². The Kier molecular flexibility index (Phi) is 5.02.